The fraction of sp³-hybridized carbons (Fsp3) is 1.00. The van der Waals surface area contributed by atoms with Crippen molar-refractivity contribution < 1.29 is 6.15 Å². The molecule has 1 rings (SSSR count). The molecule has 0 aliphatic carbocycles. The molecule has 0 bridgehead atoms. The normalized spacial score (nSPS) is 23.6. The second kappa shape index (κ2) is 5.37. The van der Waals surface area contributed by atoms with E-state index in [1.807, 2.05) is 11.8 Å². The first-order chi connectivity index (χ1) is 7.21. The van der Waals surface area contributed by atoms with Crippen molar-refractivity contribution in [2.24, 2.45) is 0 Å². The average molecular weight is 353 g/mol. The molecule has 0 aromatic carbocycles. The Kier molecular flexibility index (Phi) is 5.08. The van der Waals surface area contributed by atoms with E-state index >= 15 is 0 Å². The summed E-state index contributed by atoms with van der Waals surface area (Å²) in [5.74, 6) is 2.24. The topological polar surface area (TPSA) is 18.5 Å². The summed E-state index contributed by atoms with van der Waals surface area (Å²) in [6.07, 6.45) is 0. The Morgan fingerprint density at radius 2 is 1.19 bits per heavy atom. The quantitative estimate of drug-likeness (QED) is 0.617. The Morgan fingerprint density at radius 3 is 1.50 bits per heavy atom. The van der Waals surface area contributed by atoms with Crippen LogP contribution in [0.2, 0.25) is 6.86 Å². The van der Waals surface area contributed by atoms with Gasteiger partial charge in [-0.05, 0) is 0 Å². The molecule has 0 atom stereocenters. The Balaban J connectivity index is 3.01. The molecule has 16 heavy (non-hydrogen) atoms. The van der Waals surface area contributed by atoms with Crippen molar-refractivity contribution in [2.45, 2.75) is 48.4 Å². The second-order valence-corrected chi connectivity index (χ2v) is 21.4. The van der Waals surface area contributed by atoms with Gasteiger partial charge in [0.1, 0.15) is 0 Å². The molecule has 1 saturated heterocycles. The van der Waals surface area contributed by atoms with E-state index in [9.17, 15) is 0 Å². The molecular weight excluding hydrogens is 327 g/mol. The first-order valence-electron chi connectivity index (χ1n) is 6.06. The van der Waals surface area contributed by atoms with Gasteiger partial charge in [0.2, 0.25) is 0 Å². The Morgan fingerprint density at radius 1 is 0.812 bits per heavy atom. The van der Waals surface area contributed by atoms with E-state index in [1.54, 1.807) is 0 Å². The number of hydrogen-bond acceptors (Lipinski definition) is 3. The Bertz CT molecular complexity index is 206. The van der Waals surface area contributed by atoms with Crippen LogP contribution in [0.25, 0.3) is 0 Å². The van der Waals surface area contributed by atoms with Crippen molar-refractivity contribution in [2.75, 3.05) is 24.7 Å². The molecule has 4 heteroatoms. The summed E-state index contributed by atoms with van der Waals surface area (Å²) in [6, 6.07) is 0. The van der Waals surface area contributed by atoms with E-state index in [2.05, 4.69) is 41.5 Å². The molecule has 1 heterocycles. The van der Waals surface area contributed by atoms with E-state index < -0.39 is 19.2 Å². The van der Waals surface area contributed by atoms with Crippen molar-refractivity contribution in [1.82, 2.24) is 0 Å². The van der Waals surface area contributed by atoms with Gasteiger partial charge in [-0.3, -0.25) is 0 Å². The van der Waals surface area contributed by atoms with Crippen molar-refractivity contribution in [3.05, 3.63) is 0 Å². The first kappa shape index (κ1) is 15.1. The van der Waals surface area contributed by atoms with Crippen LogP contribution in [0.5, 0.6) is 0 Å². The molecule has 2 nitrogen and oxygen atoms in total. The van der Waals surface area contributed by atoms with Crippen LogP contribution in [0.3, 0.4) is 0 Å². The van der Waals surface area contributed by atoms with Gasteiger partial charge in [-0.15, -0.1) is 0 Å². The van der Waals surface area contributed by atoms with Crippen LogP contribution in [0.1, 0.15) is 41.5 Å². The molecule has 96 valence electrons. The van der Waals surface area contributed by atoms with Crippen LogP contribution in [0.15, 0.2) is 0 Å². The molecule has 0 aromatic heterocycles. The minimum atomic E-state index is -3.05. The molecule has 0 N–H and O–H groups in total. The monoisotopic (exact) mass is 354 g/mol. The van der Waals surface area contributed by atoms with Crippen LogP contribution < -0.4 is 0 Å². The zero-order chi connectivity index (χ0) is 12.4. The third-order valence-corrected chi connectivity index (χ3v) is 18.7. The molecule has 0 radical (unpaired) electrons. The first-order valence-corrected chi connectivity index (χ1v) is 12.4. The zero-order valence-corrected chi connectivity index (χ0v) is 15.2. The molecule has 1 aliphatic rings. The number of hydrogen-bond donors (Lipinski definition) is 0. The van der Waals surface area contributed by atoms with E-state index in [-0.39, 0.29) is 6.86 Å². The van der Waals surface area contributed by atoms with Gasteiger partial charge in [0.25, 0.3) is 0 Å². The van der Waals surface area contributed by atoms with Crippen molar-refractivity contribution >= 4 is 31.0 Å². The van der Waals surface area contributed by atoms with Crippen molar-refractivity contribution in [3.63, 3.8) is 0 Å². The van der Waals surface area contributed by atoms with Crippen LogP contribution in [-0.2, 0) is 6.15 Å². The van der Waals surface area contributed by atoms with Gasteiger partial charge in [0, 0.05) is 0 Å². The van der Waals surface area contributed by atoms with Crippen LogP contribution in [-0.4, -0.2) is 43.9 Å². The van der Waals surface area contributed by atoms with Crippen LogP contribution in [0, 0.1) is 0 Å². The Hall–Kier alpha value is 1.07. The van der Waals surface area contributed by atoms with Gasteiger partial charge in [0.15, 0.2) is 0 Å². The number of rotatable bonds is 0. The van der Waals surface area contributed by atoms with Crippen LogP contribution >= 0.6 is 11.8 Å². The predicted octanol–water partition coefficient (Wildman–Crippen LogP) is 3.81. The standard InChI is InChI=1S/C4H8O2S.2C4H9.Sn/c5-1-3-7-4-2-6;2*1-4(2)3;/h1-4H2;2*1-3H3;/q-2;;;+2. The third-order valence-electron chi connectivity index (χ3n) is 3.04. The molecule has 0 unspecified atom stereocenters. The predicted molar refractivity (Wildman–Crippen MR) is 74.4 cm³/mol. The zero-order valence-electron chi connectivity index (χ0n) is 11.6. The summed E-state index contributed by atoms with van der Waals surface area (Å²) in [5, 5.41) is 0. The summed E-state index contributed by atoms with van der Waals surface area (Å²) in [5.41, 5.74) is 0. The molecule has 0 amide bonds. The second-order valence-electron chi connectivity index (χ2n) is 6.43. The van der Waals surface area contributed by atoms with E-state index in [4.69, 9.17) is 6.15 Å². The Labute approximate surface area is 110 Å². The number of thioether (sulfide) groups is 1. The molecule has 0 spiro atoms. The maximum absolute atomic E-state index is 6.37. The van der Waals surface area contributed by atoms with E-state index in [0.29, 0.717) is 0 Å². The summed E-state index contributed by atoms with van der Waals surface area (Å²) in [7, 11) is 0. The van der Waals surface area contributed by atoms with Crippen LogP contribution in [0.4, 0.5) is 0 Å². The van der Waals surface area contributed by atoms with Gasteiger partial charge in [-0.1, -0.05) is 0 Å². The molecular formula is C12H26O2SSn. The fourth-order valence-electron chi connectivity index (χ4n) is 2.62. The van der Waals surface area contributed by atoms with Gasteiger partial charge < -0.3 is 0 Å². The molecule has 1 aliphatic heterocycles. The van der Waals surface area contributed by atoms with Crippen molar-refractivity contribution in [3.8, 4) is 0 Å². The SMILES string of the molecule is C[C](C)(C)[Sn]1([C](C)(C)C)[O]CCSCC[O]1. The molecule has 0 aromatic rings. The van der Waals surface area contributed by atoms with E-state index in [0.717, 1.165) is 24.7 Å². The summed E-state index contributed by atoms with van der Waals surface area (Å²) in [6.45, 7) is 15.5. The maximum atomic E-state index is 6.37. The molecule has 0 saturated carbocycles. The fourth-order valence-corrected chi connectivity index (χ4v) is 17.9. The van der Waals surface area contributed by atoms with Gasteiger partial charge in [0.05, 0.1) is 0 Å². The van der Waals surface area contributed by atoms with Gasteiger partial charge in [-0.25, -0.2) is 0 Å². The molecule has 1 fully saturated rings. The minimum absolute atomic E-state index is 0.189. The summed E-state index contributed by atoms with van der Waals surface area (Å²) in [4.78, 5) is 0. The summed E-state index contributed by atoms with van der Waals surface area (Å²) >= 11 is -1.12. The van der Waals surface area contributed by atoms with Gasteiger partial charge >= 0.3 is 110 Å². The van der Waals surface area contributed by atoms with Gasteiger partial charge in [-0.2, -0.15) is 0 Å². The van der Waals surface area contributed by atoms with Crippen molar-refractivity contribution in [1.29, 1.82) is 0 Å². The average Bonchev–Trinajstić information content (AvgIpc) is 1.97. The third kappa shape index (κ3) is 3.09. The summed E-state index contributed by atoms with van der Waals surface area (Å²) < 4.78 is 13.1. The van der Waals surface area contributed by atoms with E-state index in [1.165, 1.54) is 0 Å².